The van der Waals surface area contributed by atoms with Crippen LogP contribution in [0.2, 0.25) is 0 Å². The van der Waals surface area contributed by atoms with Gasteiger partial charge >= 0.3 is 6.18 Å². The van der Waals surface area contributed by atoms with Crippen LogP contribution in [0.1, 0.15) is 23.8 Å². The Kier molecular flexibility index (Phi) is 3.21. The summed E-state index contributed by atoms with van der Waals surface area (Å²) in [5, 5.41) is 6.84. The van der Waals surface area contributed by atoms with E-state index in [0.717, 1.165) is 19.0 Å². The van der Waals surface area contributed by atoms with E-state index in [1.807, 2.05) is 0 Å². The molecule has 2 heterocycles. The molecule has 0 bridgehead atoms. The lowest BCUT2D eigenvalue weighted by atomic mass is 10.1. The van der Waals surface area contributed by atoms with Gasteiger partial charge in [-0.25, -0.2) is 0 Å². The average Bonchev–Trinajstić information content (AvgIpc) is 3.09. The molecule has 1 N–H and O–H groups in total. The molecule has 0 amide bonds. The summed E-state index contributed by atoms with van der Waals surface area (Å²) in [4.78, 5) is 4.12. The predicted octanol–water partition coefficient (Wildman–Crippen LogP) is 2.83. The van der Waals surface area contributed by atoms with Crippen molar-refractivity contribution in [2.75, 3.05) is 13.1 Å². The van der Waals surface area contributed by atoms with E-state index in [9.17, 15) is 13.2 Å². The summed E-state index contributed by atoms with van der Waals surface area (Å²) in [5.41, 5.74) is -0.808. The first-order valence-electron chi connectivity index (χ1n) is 6.26. The van der Waals surface area contributed by atoms with Gasteiger partial charge in [-0.05, 0) is 19.0 Å². The summed E-state index contributed by atoms with van der Waals surface area (Å²) in [6, 6.07) is 5.23. The van der Waals surface area contributed by atoms with Gasteiger partial charge in [-0.2, -0.15) is 18.2 Å². The van der Waals surface area contributed by atoms with Gasteiger partial charge in [-0.15, -0.1) is 0 Å². The lowest BCUT2D eigenvalue weighted by Crippen LogP contribution is -2.08. The second-order valence-corrected chi connectivity index (χ2v) is 4.69. The second-order valence-electron chi connectivity index (χ2n) is 4.69. The first kappa shape index (κ1) is 13.1. The molecule has 0 unspecified atom stereocenters. The fraction of sp³-hybridized carbons (Fsp3) is 0.385. The Hall–Kier alpha value is -1.89. The SMILES string of the molecule is FC(F)(F)c1ccccc1-c1noc([C@H]2CCNC2)n1. The van der Waals surface area contributed by atoms with E-state index in [-0.39, 0.29) is 17.3 Å². The van der Waals surface area contributed by atoms with E-state index >= 15 is 0 Å². The molecule has 1 fully saturated rings. The van der Waals surface area contributed by atoms with Crippen molar-refractivity contribution in [1.82, 2.24) is 15.5 Å². The van der Waals surface area contributed by atoms with Crippen LogP contribution >= 0.6 is 0 Å². The normalized spacial score (nSPS) is 19.4. The highest BCUT2D eigenvalue weighted by Gasteiger charge is 2.35. The number of benzene rings is 1. The zero-order chi connectivity index (χ0) is 14.2. The fourth-order valence-electron chi connectivity index (χ4n) is 2.30. The number of nitrogens with zero attached hydrogens (tertiary/aromatic N) is 2. The molecular formula is C13H12F3N3O. The Morgan fingerprint density at radius 1 is 1.25 bits per heavy atom. The molecule has 1 saturated heterocycles. The van der Waals surface area contributed by atoms with Crippen molar-refractivity contribution >= 4 is 0 Å². The van der Waals surface area contributed by atoms with Gasteiger partial charge in [0.15, 0.2) is 0 Å². The van der Waals surface area contributed by atoms with Crippen LogP contribution in [-0.4, -0.2) is 23.2 Å². The largest absolute Gasteiger partial charge is 0.417 e. The summed E-state index contributed by atoms with van der Waals surface area (Å²) in [6.07, 6.45) is -3.59. The molecule has 1 aliphatic heterocycles. The van der Waals surface area contributed by atoms with E-state index in [2.05, 4.69) is 15.5 Å². The van der Waals surface area contributed by atoms with Crippen molar-refractivity contribution in [3.05, 3.63) is 35.7 Å². The molecule has 2 aromatic rings. The van der Waals surface area contributed by atoms with Crippen molar-refractivity contribution in [1.29, 1.82) is 0 Å². The number of hydrogen-bond donors (Lipinski definition) is 1. The number of aromatic nitrogens is 2. The molecule has 1 aliphatic rings. The summed E-state index contributed by atoms with van der Waals surface area (Å²) < 4.78 is 43.9. The van der Waals surface area contributed by atoms with Gasteiger partial charge in [0.2, 0.25) is 11.7 Å². The molecule has 1 atom stereocenters. The molecule has 0 saturated carbocycles. The van der Waals surface area contributed by atoms with Crippen LogP contribution in [0.3, 0.4) is 0 Å². The van der Waals surface area contributed by atoms with Crippen molar-refractivity contribution in [3.63, 3.8) is 0 Å². The number of hydrogen-bond acceptors (Lipinski definition) is 4. The zero-order valence-corrected chi connectivity index (χ0v) is 10.4. The summed E-state index contributed by atoms with van der Waals surface area (Å²) in [6.45, 7) is 1.56. The molecule has 0 radical (unpaired) electrons. The Balaban J connectivity index is 1.97. The fourth-order valence-corrected chi connectivity index (χ4v) is 2.30. The number of rotatable bonds is 2. The molecule has 3 rings (SSSR count). The van der Waals surface area contributed by atoms with Gasteiger partial charge in [-0.1, -0.05) is 23.4 Å². The van der Waals surface area contributed by atoms with Gasteiger partial charge in [0.25, 0.3) is 0 Å². The molecule has 106 valence electrons. The van der Waals surface area contributed by atoms with Crippen LogP contribution in [0.25, 0.3) is 11.4 Å². The van der Waals surface area contributed by atoms with Gasteiger partial charge in [0.05, 0.1) is 11.5 Å². The third kappa shape index (κ3) is 2.40. The second kappa shape index (κ2) is 4.90. The maximum absolute atomic E-state index is 12.9. The van der Waals surface area contributed by atoms with Gasteiger partial charge < -0.3 is 9.84 Å². The smallest absolute Gasteiger partial charge is 0.339 e. The van der Waals surface area contributed by atoms with Crippen molar-refractivity contribution in [2.45, 2.75) is 18.5 Å². The first-order valence-corrected chi connectivity index (χ1v) is 6.26. The van der Waals surface area contributed by atoms with E-state index in [1.165, 1.54) is 18.2 Å². The monoisotopic (exact) mass is 283 g/mol. The molecular weight excluding hydrogens is 271 g/mol. The minimum Gasteiger partial charge on any atom is -0.339 e. The summed E-state index contributed by atoms with van der Waals surface area (Å²) in [7, 11) is 0. The average molecular weight is 283 g/mol. The van der Waals surface area contributed by atoms with E-state index in [4.69, 9.17) is 4.52 Å². The Morgan fingerprint density at radius 2 is 2.05 bits per heavy atom. The number of halogens is 3. The lowest BCUT2D eigenvalue weighted by Gasteiger charge is -2.09. The van der Waals surface area contributed by atoms with Crippen LogP contribution in [-0.2, 0) is 6.18 Å². The third-order valence-electron chi connectivity index (χ3n) is 3.32. The topological polar surface area (TPSA) is 51.0 Å². The highest BCUT2D eigenvalue weighted by atomic mass is 19.4. The number of nitrogens with one attached hydrogen (secondary N) is 1. The molecule has 1 aromatic heterocycles. The molecule has 1 aromatic carbocycles. The van der Waals surface area contributed by atoms with Crippen molar-refractivity contribution < 1.29 is 17.7 Å². The first-order chi connectivity index (χ1) is 9.55. The molecule has 20 heavy (non-hydrogen) atoms. The van der Waals surface area contributed by atoms with Crippen LogP contribution in [0.4, 0.5) is 13.2 Å². The van der Waals surface area contributed by atoms with E-state index in [0.29, 0.717) is 12.4 Å². The third-order valence-corrected chi connectivity index (χ3v) is 3.32. The van der Waals surface area contributed by atoms with Crippen LogP contribution in [0.15, 0.2) is 28.8 Å². The summed E-state index contributed by atoms with van der Waals surface area (Å²) in [5.74, 6) is 0.455. The van der Waals surface area contributed by atoms with Crippen molar-refractivity contribution in [3.8, 4) is 11.4 Å². The highest BCUT2D eigenvalue weighted by molar-refractivity contribution is 5.60. The minimum absolute atomic E-state index is 0.0141. The maximum Gasteiger partial charge on any atom is 0.417 e. The quantitative estimate of drug-likeness (QED) is 0.920. The lowest BCUT2D eigenvalue weighted by molar-refractivity contribution is -0.137. The van der Waals surface area contributed by atoms with E-state index in [1.54, 1.807) is 0 Å². The molecule has 0 spiro atoms. The summed E-state index contributed by atoms with van der Waals surface area (Å²) >= 11 is 0. The van der Waals surface area contributed by atoms with Crippen LogP contribution < -0.4 is 5.32 Å². The Morgan fingerprint density at radius 3 is 2.75 bits per heavy atom. The Labute approximate surface area is 113 Å². The standard InChI is InChI=1S/C13H12F3N3O/c14-13(15,16)10-4-2-1-3-9(10)11-18-12(20-19-11)8-5-6-17-7-8/h1-4,8,17H,5-7H2/t8-/m0/s1. The minimum atomic E-state index is -4.44. The molecule has 0 aliphatic carbocycles. The number of alkyl halides is 3. The van der Waals surface area contributed by atoms with E-state index < -0.39 is 11.7 Å². The van der Waals surface area contributed by atoms with Crippen LogP contribution in [0.5, 0.6) is 0 Å². The maximum atomic E-state index is 12.9. The molecule has 4 nitrogen and oxygen atoms in total. The van der Waals surface area contributed by atoms with Gasteiger partial charge in [-0.3, -0.25) is 0 Å². The zero-order valence-electron chi connectivity index (χ0n) is 10.4. The van der Waals surface area contributed by atoms with Crippen molar-refractivity contribution in [2.24, 2.45) is 0 Å². The highest BCUT2D eigenvalue weighted by Crippen LogP contribution is 2.36. The van der Waals surface area contributed by atoms with Gasteiger partial charge in [0, 0.05) is 12.1 Å². The Bertz CT molecular complexity index is 603. The van der Waals surface area contributed by atoms with Gasteiger partial charge in [0.1, 0.15) is 0 Å². The molecule has 7 heteroatoms. The van der Waals surface area contributed by atoms with Crippen LogP contribution in [0, 0.1) is 0 Å². The predicted molar refractivity (Wildman–Crippen MR) is 65.0 cm³/mol.